The number of allylic oxidation sites excluding steroid dienone is 6. The van der Waals surface area contributed by atoms with Gasteiger partial charge in [-0.05, 0) is 178 Å². The van der Waals surface area contributed by atoms with Crippen LogP contribution in [0, 0.1) is 35.8 Å². The fourth-order valence-electron chi connectivity index (χ4n) is 19.5. The van der Waals surface area contributed by atoms with E-state index in [0.29, 0.717) is 71.0 Å². The Hall–Kier alpha value is -11.3. The van der Waals surface area contributed by atoms with Gasteiger partial charge in [-0.2, -0.15) is 0 Å². The minimum Gasteiger partial charge on any atom is -0.494 e. The van der Waals surface area contributed by atoms with Gasteiger partial charge in [0.05, 0.1) is 101 Å². The number of ether oxygens (including phenoxy) is 4. The van der Waals surface area contributed by atoms with Crippen LogP contribution in [0.3, 0.4) is 0 Å². The highest BCUT2D eigenvalue weighted by molar-refractivity contribution is 7.37. The summed E-state index contributed by atoms with van der Waals surface area (Å²) in [5.74, 6) is 2.83. The van der Waals surface area contributed by atoms with E-state index in [-0.39, 0.29) is 23.0 Å². The van der Waals surface area contributed by atoms with Crippen molar-refractivity contribution in [2.75, 3.05) is 26.4 Å². The first-order chi connectivity index (χ1) is 62.0. The van der Waals surface area contributed by atoms with Crippen LogP contribution in [0.5, 0.6) is 23.0 Å². The molecule has 4 aliphatic carbocycles. The molecule has 0 fully saturated rings. The lowest BCUT2D eigenvalue weighted by atomic mass is 9.67. The van der Waals surface area contributed by atoms with Gasteiger partial charge in [0.15, 0.2) is 11.6 Å². The largest absolute Gasteiger partial charge is 0.494 e. The second-order valence-corrected chi connectivity index (χ2v) is 40.1. The number of unbranched alkanes of at least 4 members (excludes halogenated alkanes) is 20. The van der Waals surface area contributed by atoms with Gasteiger partial charge in [-0.1, -0.05) is 253 Å². The van der Waals surface area contributed by atoms with Crippen molar-refractivity contribution in [3.63, 3.8) is 0 Å². The highest BCUT2D eigenvalue weighted by Gasteiger charge is 2.57. The molecule has 0 unspecified atom stereocenters. The first kappa shape index (κ1) is 85.5. The summed E-state index contributed by atoms with van der Waals surface area (Å²) in [4.78, 5) is 44.4. The first-order valence-corrected chi connectivity index (χ1v) is 50.2. The van der Waals surface area contributed by atoms with Crippen molar-refractivity contribution in [3.8, 4) is 54.6 Å². The van der Waals surface area contributed by atoms with Gasteiger partial charge in [0, 0.05) is 74.8 Å². The molecule has 126 heavy (non-hydrogen) atoms. The number of hydrogen-bond acceptors (Lipinski definition) is 14. The maximum atomic E-state index is 15.2. The summed E-state index contributed by atoms with van der Waals surface area (Å²) in [6.45, 7) is 28.2. The monoisotopic (exact) mass is 1760 g/mol. The number of thiophene rings is 6. The SMILES string of the molecule is [C-]#[N+]/C(C#N)=C1\C(=C\c2cc3sc4c(c3s2)C(c2ccc(OCCCCCCCC)cc2)(c2ccc(OCCCCCCCC)cc2)c2c-4sc3c4c(sc23)-c2sc3cc(/C=C5\C(=O)c6cc7ccccc7cc6\C5=C(\C#N)[N+]#[C-])sc3c2C4(c2ccc(OCCCCCCCC)cc2)c2ccc(OCCCCCCCC)cc2)C(=O)c2cc3ccccc3cc21. The molecule has 8 aromatic carbocycles. The molecule has 16 heteroatoms. The van der Waals surface area contributed by atoms with Crippen LogP contribution < -0.4 is 18.9 Å². The predicted octanol–water partition coefficient (Wildman–Crippen LogP) is 32.4. The van der Waals surface area contributed by atoms with E-state index in [1.165, 1.54) is 154 Å². The lowest BCUT2D eigenvalue weighted by molar-refractivity contribution is 0.103. The Morgan fingerprint density at radius 2 is 0.611 bits per heavy atom. The molecule has 0 N–H and O–H groups in total. The molecule has 4 aliphatic rings. The first-order valence-electron chi connectivity index (χ1n) is 45.3. The number of nitrogens with zero attached hydrogens (tertiary/aromatic N) is 4. The van der Waals surface area contributed by atoms with Gasteiger partial charge in [-0.3, -0.25) is 9.59 Å². The topological polar surface area (TPSA) is 127 Å². The lowest BCUT2D eigenvalue weighted by Crippen LogP contribution is -2.29. The maximum Gasteiger partial charge on any atom is 0.270 e. The average molecular weight is 1770 g/mol. The summed E-state index contributed by atoms with van der Waals surface area (Å²) in [7, 11) is 0. The van der Waals surface area contributed by atoms with Crippen molar-refractivity contribution in [2.24, 2.45) is 0 Å². The Bertz CT molecular complexity index is 6260. The molecule has 10 nitrogen and oxygen atoms in total. The average Bonchev–Trinajstić information content (AvgIpc) is 1.48. The van der Waals surface area contributed by atoms with Crippen LogP contribution in [0.15, 0.2) is 205 Å². The third-order valence-corrected chi connectivity index (χ3v) is 33.3. The van der Waals surface area contributed by atoms with Gasteiger partial charge in [0.1, 0.15) is 23.0 Å². The fourth-order valence-corrected chi connectivity index (χ4v) is 28.3. The smallest absolute Gasteiger partial charge is 0.270 e. The molecule has 0 spiro atoms. The maximum absolute atomic E-state index is 15.2. The molecule has 0 radical (unpaired) electrons. The number of rotatable bonds is 38. The molecule has 0 saturated heterocycles. The molecule has 0 aliphatic heterocycles. The van der Waals surface area contributed by atoms with E-state index in [1.54, 1.807) is 45.3 Å². The van der Waals surface area contributed by atoms with Crippen molar-refractivity contribution >= 4 is 153 Å². The third kappa shape index (κ3) is 15.8. The minimum absolute atomic E-state index is 0.119. The van der Waals surface area contributed by atoms with Crippen LogP contribution in [-0.2, 0) is 10.8 Å². The van der Waals surface area contributed by atoms with Gasteiger partial charge in [-0.25, -0.2) is 20.2 Å². The van der Waals surface area contributed by atoms with Crippen LogP contribution >= 0.6 is 68.0 Å². The molecule has 6 aromatic heterocycles. The number of fused-ring (bicyclic) bond motifs is 17. The molecule has 0 atom stereocenters. The summed E-state index contributed by atoms with van der Waals surface area (Å²) in [5, 5.41) is 25.1. The Morgan fingerprint density at radius 1 is 0.341 bits per heavy atom. The van der Waals surface area contributed by atoms with E-state index in [2.05, 4.69) is 159 Å². The van der Waals surface area contributed by atoms with Crippen molar-refractivity contribution < 1.29 is 28.5 Å². The van der Waals surface area contributed by atoms with E-state index in [9.17, 15) is 10.5 Å². The molecule has 0 saturated carbocycles. The number of carbonyl (C=O) groups is 2. The van der Waals surface area contributed by atoms with Crippen LogP contribution in [0.1, 0.15) is 268 Å². The van der Waals surface area contributed by atoms with Gasteiger partial charge in [0.25, 0.3) is 11.4 Å². The molecular formula is C110H100N4O6S6. The van der Waals surface area contributed by atoms with Crippen LogP contribution in [0.25, 0.3) is 102 Å². The number of nitriles is 2. The fraction of sp³-hybridized carbons (Fsp3) is 0.309. The standard InChI is InChI=1S/C110H100N4O6S6/c1-7-11-15-19-23-31-55-117-77-47-39-73(40-48-77)109(74-41-49-78(50-42-74)118-56-32-24-20-16-12-8-2)95-101-91(65-81(121-101)63-87-93(89(67-111)113-5)83-59-69-35-27-29-37-71(69)61-85(83)99(87)115)123-103(95)105-97(109)107-108(125-105)98-106(126-107)104-96(102-92(124-104)66-82(122-102)64-88-94(90(68-112)114-6)84-60-70-36-28-30-38-72(70)62-86(84)100(88)116)110(98,75-43-51-79(52-44-75)119-57-33-25-21-17-13-9-3)76-45-53-80(54-46-76)120-58-34-26-22-18-14-10-4/h27-30,35-54,59-66H,7-26,31-34,55-58H2,1-4H3/b87-63-,88-64-,93-89-,94-90+. The number of benzene rings is 8. The Morgan fingerprint density at radius 3 is 0.897 bits per heavy atom. The molecule has 0 bridgehead atoms. The summed E-state index contributed by atoms with van der Waals surface area (Å²) in [6, 6.07) is 68.3. The zero-order valence-corrected chi connectivity index (χ0v) is 76.9. The normalized spacial score (nSPS) is 15.3. The van der Waals surface area contributed by atoms with Crippen LogP contribution in [0.2, 0.25) is 0 Å². The number of hydrogen-bond donors (Lipinski definition) is 0. The van der Waals surface area contributed by atoms with Crippen molar-refractivity contribution in [1.82, 2.24) is 0 Å². The molecule has 6 heterocycles. The molecule has 18 rings (SSSR count). The van der Waals surface area contributed by atoms with Crippen molar-refractivity contribution in [2.45, 2.75) is 193 Å². The van der Waals surface area contributed by atoms with Gasteiger partial charge < -0.3 is 18.9 Å². The highest BCUT2D eigenvalue weighted by atomic mass is 32.1. The second-order valence-electron chi connectivity index (χ2n) is 33.8. The van der Waals surface area contributed by atoms with Crippen molar-refractivity contribution in [1.29, 1.82) is 10.5 Å². The Balaban J connectivity index is 0.863. The summed E-state index contributed by atoms with van der Waals surface area (Å²) < 4.78 is 33.6. The van der Waals surface area contributed by atoms with Crippen molar-refractivity contribution in [3.05, 3.63) is 304 Å². The van der Waals surface area contributed by atoms with E-state index in [1.807, 2.05) is 108 Å². The third-order valence-electron chi connectivity index (χ3n) is 25.7. The van der Waals surface area contributed by atoms with Crippen LogP contribution in [-0.4, -0.2) is 38.0 Å². The quantitative estimate of drug-likeness (QED) is 0.0162. The zero-order valence-electron chi connectivity index (χ0n) is 72.0. The van der Waals surface area contributed by atoms with E-state index < -0.39 is 10.8 Å². The van der Waals surface area contributed by atoms with Gasteiger partial charge >= 0.3 is 0 Å². The van der Waals surface area contributed by atoms with Gasteiger partial charge in [-0.15, -0.1) is 68.0 Å². The molecular weight excluding hydrogens is 1670 g/mol. The Labute approximate surface area is 763 Å². The summed E-state index contributed by atoms with van der Waals surface area (Å²) in [6.07, 6.45) is 31.6. The minimum atomic E-state index is -0.975. The van der Waals surface area contributed by atoms with E-state index in [4.69, 9.17) is 32.1 Å². The second kappa shape index (κ2) is 38.1. The number of Topliss-reactive ketones (excluding diaryl/α,β-unsaturated/α-hetero) is 2. The lowest BCUT2D eigenvalue weighted by Gasteiger charge is -2.34. The molecule has 0 amide bonds. The number of ketones is 2. The zero-order chi connectivity index (χ0) is 86.4. The van der Waals surface area contributed by atoms with Gasteiger partial charge in [0.2, 0.25) is 0 Å². The summed E-state index contributed by atoms with van der Waals surface area (Å²) >= 11 is 10.7. The Kier molecular flexibility index (Phi) is 25.9. The molecule has 14 aromatic rings. The predicted molar refractivity (Wildman–Crippen MR) is 527 cm³/mol. The van der Waals surface area contributed by atoms with Crippen LogP contribution in [0.4, 0.5) is 0 Å². The van der Waals surface area contributed by atoms with E-state index in [0.717, 1.165) is 147 Å². The molecule has 632 valence electrons. The number of carbonyl (C=O) groups excluding carboxylic acids is 2. The summed E-state index contributed by atoms with van der Waals surface area (Å²) in [5.41, 5.74) is 10.5. The van der Waals surface area contributed by atoms with E-state index >= 15 is 9.59 Å². The highest BCUT2D eigenvalue weighted by Crippen LogP contribution is 2.73.